The predicted molar refractivity (Wildman–Crippen MR) is 117 cm³/mol. The first-order chi connectivity index (χ1) is 14.8. The van der Waals surface area contributed by atoms with Crippen LogP contribution in [0.4, 0.5) is 0 Å². The molecule has 0 saturated carbocycles. The third kappa shape index (κ3) is 4.61. The molecule has 154 valence electrons. The Labute approximate surface area is 177 Å². The molecule has 0 aromatic heterocycles. The Hall–Kier alpha value is -2.95. The predicted octanol–water partition coefficient (Wildman–Crippen LogP) is 4.18. The lowest BCUT2D eigenvalue weighted by atomic mass is 9.90. The molecule has 1 heterocycles. The maximum absolute atomic E-state index is 13.2. The Morgan fingerprint density at radius 2 is 1.50 bits per heavy atom. The summed E-state index contributed by atoms with van der Waals surface area (Å²) in [5, 5.41) is 10.0. The van der Waals surface area contributed by atoms with Gasteiger partial charge < -0.3 is 9.84 Å². The quantitative estimate of drug-likeness (QED) is 0.604. The second-order valence-electron chi connectivity index (χ2n) is 7.82. The van der Waals surface area contributed by atoms with Crippen molar-refractivity contribution in [3.05, 3.63) is 108 Å². The fraction of sp³-hybridized carbons (Fsp3) is 0.269. The van der Waals surface area contributed by atoms with Gasteiger partial charge in [0.1, 0.15) is 12.6 Å². The minimum Gasteiger partial charge on any atom is -0.459 e. The monoisotopic (exact) mass is 401 g/mol. The van der Waals surface area contributed by atoms with Crippen LogP contribution in [-0.2, 0) is 16.1 Å². The van der Waals surface area contributed by atoms with Gasteiger partial charge in [0.15, 0.2) is 0 Å². The summed E-state index contributed by atoms with van der Waals surface area (Å²) in [7, 11) is 0. The molecule has 0 bridgehead atoms. The molecule has 0 unspecified atom stereocenters. The highest BCUT2D eigenvalue weighted by Crippen LogP contribution is 2.37. The summed E-state index contributed by atoms with van der Waals surface area (Å²) in [5.74, 6) is 0.0142. The topological polar surface area (TPSA) is 49.8 Å². The van der Waals surface area contributed by atoms with E-state index in [0.29, 0.717) is 13.1 Å². The van der Waals surface area contributed by atoms with Gasteiger partial charge in [-0.15, -0.1) is 0 Å². The van der Waals surface area contributed by atoms with Gasteiger partial charge in [0, 0.05) is 31.5 Å². The highest BCUT2D eigenvalue weighted by Gasteiger charge is 2.40. The van der Waals surface area contributed by atoms with Crippen molar-refractivity contribution >= 4 is 5.97 Å². The highest BCUT2D eigenvalue weighted by atomic mass is 16.5. The van der Waals surface area contributed by atoms with Crippen LogP contribution in [-0.4, -0.2) is 35.7 Å². The van der Waals surface area contributed by atoms with Crippen molar-refractivity contribution in [1.82, 2.24) is 4.90 Å². The maximum atomic E-state index is 13.2. The summed E-state index contributed by atoms with van der Waals surface area (Å²) in [6.07, 6.45) is 0. The van der Waals surface area contributed by atoms with Gasteiger partial charge in [0.2, 0.25) is 0 Å². The van der Waals surface area contributed by atoms with Crippen molar-refractivity contribution in [2.24, 2.45) is 5.92 Å². The lowest BCUT2D eigenvalue weighted by molar-refractivity contribution is -0.151. The number of ether oxygens (including phenoxy) is 1. The van der Waals surface area contributed by atoms with E-state index in [4.69, 9.17) is 4.74 Å². The average Bonchev–Trinajstić information content (AvgIpc) is 3.24. The Balaban J connectivity index is 1.56. The van der Waals surface area contributed by atoms with Crippen LogP contribution in [0.15, 0.2) is 91.0 Å². The number of aliphatic hydroxyl groups is 1. The first-order valence-electron chi connectivity index (χ1n) is 10.4. The fourth-order valence-corrected chi connectivity index (χ4v) is 4.32. The van der Waals surface area contributed by atoms with E-state index in [9.17, 15) is 9.90 Å². The zero-order chi connectivity index (χ0) is 20.8. The number of likely N-dealkylation sites (tertiary alicyclic amines) is 1. The summed E-state index contributed by atoms with van der Waals surface area (Å²) >= 11 is 0. The van der Waals surface area contributed by atoms with E-state index in [1.165, 1.54) is 5.56 Å². The van der Waals surface area contributed by atoms with Gasteiger partial charge in [-0.05, 0) is 16.7 Å². The van der Waals surface area contributed by atoms with Crippen LogP contribution in [0.25, 0.3) is 0 Å². The number of nitrogens with zero attached hydrogens (tertiary/aromatic N) is 1. The van der Waals surface area contributed by atoms with Crippen LogP contribution >= 0.6 is 0 Å². The third-order valence-corrected chi connectivity index (χ3v) is 5.86. The minimum atomic E-state index is -0.488. The summed E-state index contributed by atoms with van der Waals surface area (Å²) in [6, 6.07) is 29.3. The van der Waals surface area contributed by atoms with Gasteiger partial charge in [-0.2, -0.15) is 0 Å². The molecule has 0 amide bonds. The second-order valence-corrected chi connectivity index (χ2v) is 7.82. The van der Waals surface area contributed by atoms with Crippen molar-refractivity contribution in [1.29, 1.82) is 0 Å². The molecule has 4 rings (SSSR count). The first-order valence-corrected chi connectivity index (χ1v) is 10.4. The number of carbonyl (C=O) groups is 1. The molecule has 3 atom stereocenters. The van der Waals surface area contributed by atoms with E-state index in [0.717, 1.165) is 11.1 Å². The number of carbonyl (C=O) groups excluding carboxylic acids is 1. The third-order valence-electron chi connectivity index (χ3n) is 5.86. The highest BCUT2D eigenvalue weighted by molar-refractivity contribution is 5.77. The van der Waals surface area contributed by atoms with Crippen LogP contribution in [0.1, 0.15) is 28.7 Å². The smallest absolute Gasteiger partial charge is 0.328 e. The number of aliphatic hydroxyl groups excluding tert-OH is 1. The van der Waals surface area contributed by atoms with Crippen molar-refractivity contribution < 1.29 is 14.6 Å². The molecule has 1 fully saturated rings. The summed E-state index contributed by atoms with van der Waals surface area (Å²) in [4.78, 5) is 15.4. The minimum absolute atomic E-state index is 0.0838. The van der Waals surface area contributed by atoms with Crippen LogP contribution in [0, 0.1) is 5.92 Å². The van der Waals surface area contributed by atoms with E-state index in [1.54, 1.807) is 0 Å². The molecule has 0 radical (unpaired) electrons. The van der Waals surface area contributed by atoms with Crippen molar-refractivity contribution in [2.45, 2.75) is 18.6 Å². The van der Waals surface area contributed by atoms with Crippen LogP contribution in [0.3, 0.4) is 0 Å². The van der Waals surface area contributed by atoms with E-state index in [1.807, 2.05) is 78.9 Å². The van der Waals surface area contributed by atoms with Crippen LogP contribution < -0.4 is 0 Å². The summed E-state index contributed by atoms with van der Waals surface area (Å²) in [6.45, 7) is 1.70. The van der Waals surface area contributed by atoms with Crippen molar-refractivity contribution in [3.8, 4) is 0 Å². The Morgan fingerprint density at radius 1 is 0.900 bits per heavy atom. The molecular weight excluding hydrogens is 374 g/mol. The van der Waals surface area contributed by atoms with E-state index in [2.05, 4.69) is 17.0 Å². The Morgan fingerprint density at radius 3 is 2.13 bits per heavy atom. The molecule has 0 aliphatic carbocycles. The number of benzene rings is 3. The van der Waals surface area contributed by atoms with E-state index in [-0.39, 0.29) is 31.0 Å². The van der Waals surface area contributed by atoms with Gasteiger partial charge in [-0.3, -0.25) is 4.90 Å². The van der Waals surface area contributed by atoms with Crippen LogP contribution in [0.2, 0.25) is 0 Å². The summed E-state index contributed by atoms with van der Waals surface area (Å²) < 4.78 is 5.72. The van der Waals surface area contributed by atoms with Gasteiger partial charge in [0.25, 0.3) is 0 Å². The molecule has 1 aliphatic heterocycles. The number of esters is 1. The normalized spacial score (nSPS) is 20.0. The number of hydrogen-bond acceptors (Lipinski definition) is 4. The number of rotatable bonds is 7. The summed E-state index contributed by atoms with van der Waals surface area (Å²) in [5.41, 5.74) is 3.08. The molecule has 0 spiro atoms. The van der Waals surface area contributed by atoms with Gasteiger partial charge in [-0.25, -0.2) is 4.79 Å². The largest absolute Gasteiger partial charge is 0.459 e. The molecule has 3 aromatic rings. The van der Waals surface area contributed by atoms with Crippen LogP contribution in [0.5, 0.6) is 0 Å². The zero-order valence-corrected chi connectivity index (χ0v) is 16.9. The lowest BCUT2D eigenvalue weighted by Crippen LogP contribution is -2.34. The van der Waals surface area contributed by atoms with Crippen molar-refractivity contribution in [2.75, 3.05) is 19.7 Å². The Kier molecular flexibility index (Phi) is 6.57. The lowest BCUT2D eigenvalue weighted by Gasteiger charge is -2.27. The average molecular weight is 402 g/mol. The molecule has 1 saturated heterocycles. The van der Waals surface area contributed by atoms with Gasteiger partial charge in [-0.1, -0.05) is 91.0 Å². The van der Waals surface area contributed by atoms with E-state index >= 15 is 0 Å². The van der Waals surface area contributed by atoms with Gasteiger partial charge in [0.05, 0.1) is 0 Å². The van der Waals surface area contributed by atoms with E-state index < -0.39 is 6.04 Å². The van der Waals surface area contributed by atoms with Gasteiger partial charge >= 0.3 is 5.97 Å². The molecule has 1 aliphatic rings. The maximum Gasteiger partial charge on any atom is 0.328 e. The molecule has 4 heteroatoms. The number of hydrogen-bond donors (Lipinski definition) is 1. The SMILES string of the molecule is O=C(OCc1ccccc1)[C@H](c1ccccc1)N1C[C@H](CO)[C@@H](c2ccccc2)C1. The second kappa shape index (κ2) is 9.70. The molecule has 3 aromatic carbocycles. The zero-order valence-electron chi connectivity index (χ0n) is 16.9. The molecule has 30 heavy (non-hydrogen) atoms. The van der Waals surface area contributed by atoms with Crippen molar-refractivity contribution in [3.63, 3.8) is 0 Å². The molecule has 1 N–H and O–H groups in total. The fourth-order valence-electron chi connectivity index (χ4n) is 4.32. The first kappa shape index (κ1) is 20.3. The molecular formula is C26H27NO3. The molecule has 4 nitrogen and oxygen atoms in total. The standard InChI is InChI=1S/C26H27NO3/c28-18-23-16-27(17-24(23)21-12-6-2-7-13-21)25(22-14-8-3-9-15-22)26(29)30-19-20-10-4-1-5-11-20/h1-15,23-25,28H,16-19H2/t23-,24-,25+/m1/s1. The Bertz CT molecular complexity index is 930.